The van der Waals surface area contributed by atoms with E-state index in [2.05, 4.69) is 27.5 Å². The number of aromatic nitrogens is 1. The number of para-hydroxylation sites is 1. The summed E-state index contributed by atoms with van der Waals surface area (Å²) in [6.45, 7) is 1.86. The molecule has 3 aromatic rings. The lowest BCUT2D eigenvalue weighted by atomic mass is 10.1. The fourth-order valence-corrected chi connectivity index (χ4v) is 2.58. The third-order valence-electron chi connectivity index (χ3n) is 3.76. The van der Waals surface area contributed by atoms with E-state index in [-0.39, 0.29) is 25.0 Å². The normalized spacial score (nSPS) is 9.96. The third-order valence-corrected chi connectivity index (χ3v) is 3.76. The molecule has 6 nitrogen and oxygen atoms in total. The predicted octanol–water partition coefficient (Wildman–Crippen LogP) is 2.94. The van der Waals surface area contributed by atoms with Gasteiger partial charge in [-0.3, -0.25) is 9.59 Å². The second-order valence-electron chi connectivity index (χ2n) is 5.78. The Morgan fingerprint density at radius 1 is 1.11 bits per heavy atom. The van der Waals surface area contributed by atoms with E-state index in [4.69, 9.17) is 4.74 Å². The second-order valence-corrected chi connectivity index (χ2v) is 5.78. The molecule has 0 spiro atoms. The van der Waals surface area contributed by atoms with Crippen LogP contribution in [0.25, 0.3) is 10.9 Å². The third kappa shape index (κ3) is 4.89. The molecule has 1 heterocycles. The fraction of sp³-hybridized carbons (Fsp3) is 0.143. The van der Waals surface area contributed by atoms with Crippen molar-refractivity contribution in [3.63, 3.8) is 0 Å². The Kier molecular flexibility index (Phi) is 5.75. The molecule has 0 radical (unpaired) electrons. The second kappa shape index (κ2) is 8.59. The molecule has 0 aliphatic rings. The number of nitrogens with one attached hydrogen (secondary N) is 3. The number of rotatable bonds is 5. The SMILES string of the molecule is CC(=O)Nc1cccc(OCC#CCNC(=O)c2c[nH]c3ccccc23)c1. The summed E-state index contributed by atoms with van der Waals surface area (Å²) in [6.07, 6.45) is 1.69. The van der Waals surface area contributed by atoms with E-state index in [1.54, 1.807) is 30.5 Å². The van der Waals surface area contributed by atoms with Crippen LogP contribution >= 0.6 is 0 Å². The molecule has 0 bridgehead atoms. The van der Waals surface area contributed by atoms with E-state index in [1.165, 1.54) is 6.92 Å². The minimum Gasteiger partial charge on any atom is -0.481 e. The van der Waals surface area contributed by atoms with Crippen LogP contribution in [-0.4, -0.2) is 29.9 Å². The maximum Gasteiger partial charge on any atom is 0.254 e. The van der Waals surface area contributed by atoms with Gasteiger partial charge in [0.15, 0.2) is 0 Å². The molecule has 2 aromatic carbocycles. The molecule has 0 saturated heterocycles. The van der Waals surface area contributed by atoms with Gasteiger partial charge < -0.3 is 20.4 Å². The van der Waals surface area contributed by atoms with Gasteiger partial charge in [0.25, 0.3) is 5.91 Å². The summed E-state index contributed by atoms with van der Waals surface area (Å²) in [5.74, 6) is 6.00. The Hall–Kier alpha value is -3.72. The summed E-state index contributed by atoms with van der Waals surface area (Å²) in [6, 6.07) is 14.7. The van der Waals surface area contributed by atoms with Gasteiger partial charge in [-0.2, -0.15) is 0 Å². The molecule has 136 valence electrons. The Bertz CT molecular complexity index is 1030. The minimum atomic E-state index is -0.175. The van der Waals surface area contributed by atoms with Gasteiger partial charge in [-0.05, 0) is 18.2 Å². The van der Waals surface area contributed by atoms with Crippen molar-refractivity contribution in [2.24, 2.45) is 0 Å². The van der Waals surface area contributed by atoms with E-state index in [0.29, 0.717) is 17.0 Å². The zero-order valence-electron chi connectivity index (χ0n) is 14.8. The molecule has 0 atom stereocenters. The number of benzene rings is 2. The van der Waals surface area contributed by atoms with Crippen LogP contribution in [0, 0.1) is 11.8 Å². The first-order valence-corrected chi connectivity index (χ1v) is 8.44. The number of aromatic amines is 1. The van der Waals surface area contributed by atoms with Crippen LogP contribution in [0.2, 0.25) is 0 Å². The Morgan fingerprint density at radius 3 is 2.81 bits per heavy atom. The largest absolute Gasteiger partial charge is 0.481 e. The quantitative estimate of drug-likeness (QED) is 0.611. The zero-order valence-corrected chi connectivity index (χ0v) is 14.8. The smallest absolute Gasteiger partial charge is 0.254 e. The maximum absolute atomic E-state index is 12.2. The molecule has 0 aliphatic carbocycles. The number of carbonyl (C=O) groups excluding carboxylic acids is 2. The molecule has 1 aromatic heterocycles. The first kappa shape index (κ1) is 18.1. The summed E-state index contributed by atoms with van der Waals surface area (Å²) in [7, 11) is 0. The van der Waals surface area contributed by atoms with Crippen LogP contribution in [0.15, 0.2) is 54.7 Å². The molecule has 3 rings (SSSR count). The van der Waals surface area contributed by atoms with Crippen molar-refractivity contribution in [1.29, 1.82) is 0 Å². The lowest BCUT2D eigenvalue weighted by Gasteiger charge is -2.05. The van der Waals surface area contributed by atoms with E-state index in [0.717, 1.165) is 10.9 Å². The van der Waals surface area contributed by atoms with Gasteiger partial charge in [-0.15, -0.1) is 0 Å². The number of H-pyrrole nitrogens is 1. The molecule has 0 unspecified atom stereocenters. The van der Waals surface area contributed by atoms with Gasteiger partial charge in [-0.25, -0.2) is 0 Å². The number of amides is 2. The standard InChI is InChI=1S/C21H19N3O3/c1-15(25)24-16-7-6-8-17(13-16)27-12-5-4-11-22-21(26)19-14-23-20-10-3-2-9-18(19)20/h2-3,6-10,13-14,23H,11-12H2,1H3,(H,22,26)(H,24,25). The summed E-state index contributed by atoms with van der Waals surface area (Å²) < 4.78 is 5.52. The monoisotopic (exact) mass is 361 g/mol. The highest BCUT2D eigenvalue weighted by molar-refractivity contribution is 6.06. The van der Waals surface area contributed by atoms with Gasteiger partial charge in [-0.1, -0.05) is 36.1 Å². The lowest BCUT2D eigenvalue weighted by Crippen LogP contribution is -2.23. The highest BCUT2D eigenvalue weighted by Crippen LogP contribution is 2.18. The summed E-state index contributed by atoms with van der Waals surface area (Å²) in [4.78, 5) is 26.4. The first-order valence-electron chi connectivity index (χ1n) is 8.44. The molecule has 6 heteroatoms. The lowest BCUT2D eigenvalue weighted by molar-refractivity contribution is -0.114. The van der Waals surface area contributed by atoms with E-state index in [1.807, 2.05) is 24.3 Å². The average molecular weight is 361 g/mol. The molecule has 3 N–H and O–H groups in total. The first-order chi connectivity index (χ1) is 13.1. The molecule has 0 saturated carbocycles. The number of carbonyl (C=O) groups is 2. The van der Waals surface area contributed by atoms with Crippen LogP contribution in [0.5, 0.6) is 5.75 Å². The van der Waals surface area contributed by atoms with Crippen LogP contribution in [-0.2, 0) is 4.79 Å². The van der Waals surface area contributed by atoms with Crippen molar-refractivity contribution in [1.82, 2.24) is 10.3 Å². The van der Waals surface area contributed by atoms with Gasteiger partial charge in [0.1, 0.15) is 12.4 Å². The Labute approximate surface area is 156 Å². The topological polar surface area (TPSA) is 83.2 Å². The number of anilines is 1. The van der Waals surface area contributed by atoms with Crippen LogP contribution < -0.4 is 15.4 Å². The Morgan fingerprint density at radius 2 is 1.96 bits per heavy atom. The van der Waals surface area contributed by atoms with Crippen molar-refractivity contribution < 1.29 is 14.3 Å². The van der Waals surface area contributed by atoms with E-state index in [9.17, 15) is 9.59 Å². The molecular weight excluding hydrogens is 342 g/mol. The minimum absolute atomic E-state index is 0.141. The van der Waals surface area contributed by atoms with E-state index >= 15 is 0 Å². The van der Waals surface area contributed by atoms with Crippen LogP contribution in [0.4, 0.5) is 5.69 Å². The molecule has 0 fully saturated rings. The van der Waals surface area contributed by atoms with Gasteiger partial charge in [0.2, 0.25) is 5.91 Å². The number of fused-ring (bicyclic) bond motifs is 1. The maximum atomic E-state index is 12.2. The highest BCUT2D eigenvalue weighted by atomic mass is 16.5. The van der Waals surface area contributed by atoms with Gasteiger partial charge in [0, 0.05) is 35.8 Å². The average Bonchev–Trinajstić information content (AvgIpc) is 3.08. The molecule has 0 aliphatic heterocycles. The van der Waals surface area contributed by atoms with E-state index < -0.39 is 0 Å². The van der Waals surface area contributed by atoms with Crippen molar-refractivity contribution in [2.75, 3.05) is 18.5 Å². The number of hydrogen-bond donors (Lipinski definition) is 3. The Balaban J connectivity index is 1.47. The fourth-order valence-electron chi connectivity index (χ4n) is 2.58. The summed E-state index contributed by atoms with van der Waals surface area (Å²) in [5, 5.41) is 6.34. The van der Waals surface area contributed by atoms with Gasteiger partial charge >= 0.3 is 0 Å². The number of hydrogen-bond acceptors (Lipinski definition) is 3. The summed E-state index contributed by atoms with van der Waals surface area (Å²) >= 11 is 0. The molecule has 27 heavy (non-hydrogen) atoms. The van der Waals surface area contributed by atoms with Crippen molar-refractivity contribution in [2.45, 2.75) is 6.92 Å². The van der Waals surface area contributed by atoms with Crippen molar-refractivity contribution in [3.8, 4) is 17.6 Å². The molecule has 2 amide bonds. The molecular formula is C21H19N3O3. The zero-order chi connectivity index (χ0) is 19.1. The summed E-state index contributed by atoms with van der Waals surface area (Å²) in [5.41, 5.74) is 2.18. The van der Waals surface area contributed by atoms with Gasteiger partial charge in [0.05, 0.1) is 12.1 Å². The number of ether oxygens (including phenoxy) is 1. The van der Waals surface area contributed by atoms with Crippen LogP contribution in [0.1, 0.15) is 17.3 Å². The van der Waals surface area contributed by atoms with Crippen LogP contribution in [0.3, 0.4) is 0 Å². The van der Waals surface area contributed by atoms with Crippen molar-refractivity contribution >= 4 is 28.4 Å². The van der Waals surface area contributed by atoms with Crippen molar-refractivity contribution in [3.05, 3.63) is 60.3 Å². The predicted molar refractivity (Wildman–Crippen MR) is 105 cm³/mol. The highest BCUT2D eigenvalue weighted by Gasteiger charge is 2.10.